The Kier molecular flexibility index (Phi) is 8.18. The fourth-order valence-corrected chi connectivity index (χ4v) is 2.98. The van der Waals surface area contributed by atoms with E-state index in [1.807, 2.05) is 31.3 Å². The van der Waals surface area contributed by atoms with Crippen LogP contribution in [0.3, 0.4) is 0 Å². The van der Waals surface area contributed by atoms with E-state index in [0.717, 1.165) is 18.5 Å². The summed E-state index contributed by atoms with van der Waals surface area (Å²) >= 11 is 6.11. The van der Waals surface area contributed by atoms with Gasteiger partial charge in [-0.3, -0.25) is 4.79 Å². The average molecular weight is 347 g/mol. The van der Waals surface area contributed by atoms with Gasteiger partial charge in [0.05, 0.1) is 5.41 Å². The summed E-state index contributed by atoms with van der Waals surface area (Å²) in [6, 6.07) is 7.64. The number of halogens is 2. The molecule has 4 nitrogen and oxygen atoms in total. The highest BCUT2D eigenvalue weighted by Gasteiger charge is 2.41. The van der Waals surface area contributed by atoms with E-state index in [1.165, 1.54) is 0 Å². The Morgan fingerprint density at radius 3 is 2.68 bits per heavy atom. The zero-order chi connectivity index (χ0) is 15.1. The van der Waals surface area contributed by atoms with Crippen LogP contribution in [-0.2, 0) is 14.9 Å². The van der Waals surface area contributed by atoms with Crippen molar-refractivity contribution < 1.29 is 9.53 Å². The summed E-state index contributed by atoms with van der Waals surface area (Å²) in [6.07, 6.45) is 2.32. The van der Waals surface area contributed by atoms with Crippen molar-refractivity contribution in [3.05, 3.63) is 34.9 Å². The van der Waals surface area contributed by atoms with Gasteiger partial charge in [-0.15, -0.1) is 12.4 Å². The van der Waals surface area contributed by atoms with Crippen LogP contribution in [0.1, 0.15) is 24.8 Å². The Balaban J connectivity index is 0.00000242. The van der Waals surface area contributed by atoms with Crippen LogP contribution in [-0.4, -0.2) is 39.3 Å². The average Bonchev–Trinajstić information content (AvgIpc) is 2.52. The molecule has 1 aromatic carbocycles. The maximum Gasteiger partial charge on any atom is 0.230 e. The summed E-state index contributed by atoms with van der Waals surface area (Å²) in [6.45, 7) is 2.79. The fraction of sp³-hybridized carbons (Fsp3) is 0.562. The molecule has 1 amide bonds. The summed E-state index contributed by atoms with van der Waals surface area (Å²) in [5.74, 6) is 0.0872. The SMILES string of the molecule is CNCCCNC(=O)C1(c2cccc(Cl)c2)CCOCC1.Cl. The first-order valence-electron chi connectivity index (χ1n) is 7.46. The van der Waals surface area contributed by atoms with Gasteiger partial charge in [-0.05, 0) is 50.6 Å². The topological polar surface area (TPSA) is 50.4 Å². The third-order valence-corrected chi connectivity index (χ3v) is 4.28. The minimum Gasteiger partial charge on any atom is -0.381 e. The predicted octanol–water partition coefficient (Wildman–Crippen LogP) is 2.54. The van der Waals surface area contributed by atoms with Crippen LogP contribution in [0.15, 0.2) is 24.3 Å². The molecule has 0 saturated carbocycles. The highest BCUT2D eigenvalue weighted by Crippen LogP contribution is 2.36. The molecule has 2 N–H and O–H groups in total. The predicted molar refractivity (Wildman–Crippen MR) is 92.0 cm³/mol. The van der Waals surface area contributed by atoms with Crippen molar-refractivity contribution in [1.29, 1.82) is 0 Å². The van der Waals surface area contributed by atoms with Gasteiger partial charge in [-0.2, -0.15) is 0 Å². The highest BCUT2D eigenvalue weighted by molar-refractivity contribution is 6.30. The molecule has 1 aliphatic heterocycles. The third-order valence-electron chi connectivity index (χ3n) is 4.05. The van der Waals surface area contributed by atoms with E-state index in [1.54, 1.807) is 0 Å². The van der Waals surface area contributed by atoms with E-state index in [9.17, 15) is 4.79 Å². The molecule has 1 aliphatic rings. The molecule has 1 fully saturated rings. The van der Waals surface area contributed by atoms with Gasteiger partial charge in [0.15, 0.2) is 0 Å². The van der Waals surface area contributed by atoms with Gasteiger partial charge in [0.1, 0.15) is 0 Å². The van der Waals surface area contributed by atoms with E-state index in [0.29, 0.717) is 37.6 Å². The molecule has 22 heavy (non-hydrogen) atoms. The van der Waals surface area contributed by atoms with Crippen LogP contribution < -0.4 is 10.6 Å². The zero-order valence-corrected chi connectivity index (χ0v) is 14.4. The van der Waals surface area contributed by atoms with E-state index in [4.69, 9.17) is 16.3 Å². The summed E-state index contributed by atoms with van der Waals surface area (Å²) in [4.78, 5) is 12.8. The molecule has 1 heterocycles. The molecule has 2 rings (SSSR count). The van der Waals surface area contributed by atoms with Crippen molar-refractivity contribution in [3.8, 4) is 0 Å². The molecular weight excluding hydrogens is 323 g/mol. The normalized spacial score (nSPS) is 16.6. The molecule has 0 atom stereocenters. The number of ether oxygens (including phenoxy) is 1. The molecule has 0 spiro atoms. The van der Waals surface area contributed by atoms with Crippen LogP contribution in [0.2, 0.25) is 5.02 Å². The molecule has 0 radical (unpaired) electrons. The molecule has 6 heteroatoms. The second-order valence-electron chi connectivity index (χ2n) is 5.42. The number of hydrogen-bond acceptors (Lipinski definition) is 3. The largest absolute Gasteiger partial charge is 0.381 e. The number of hydrogen-bond donors (Lipinski definition) is 2. The lowest BCUT2D eigenvalue weighted by Gasteiger charge is -2.36. The second kappa shape index (κ2) is 9.36. The molecule has 0 unspecified atom stereocenters. The van der Waals surface area contributed by atoms with Crippen molar-refractivity contribution in [2.75, 3.05) is 33.4 Å². The Morgan fingerprint density at radius 2 is 2.05 bits per heavy atom. The summed E-state index contributed by atoms with van der Waals surface area (Å²) in [7, 11) is 1.91. The van der Waals surface area contributed by atoms with E-state index in [-0.39, 0.29) is 18.3 Å². The van der Waals surface area contributed by atoms with E-state index < -0.39 is 5.41 Å². The van der Waals surface area contributed by atoms with E-state index >= 15 is 0 Å². The van der Waals surface area contributed by atoms with Gasteiger partial charge in [0.25, 0.3) is 0 Å². The Labute approximate surface area is 143 Å². The number of nitrogens with one attached hydrogen (secondary N) is 2. The fourth-order valence-electron chi connectivity index (χ4n) is 2.79. The quantitative estimate of drug-likeness (QED) is 0.778. The standard InChI is InChI=1S/C16H23ClN2O2.ClH/c1-18-8-3-9-19-15(20)16(6-10-21-11-7-16)13-4-2-5-14(17)12-13;/h2,4-5,12,18H,3,6-11H2,1H3,(H,19,20);1H. The van der Waals surface area contributed by atoms with Gasteiger partial charge in [-0.1, -0.05) is 23.7 Å². The molecule has 1 saturated heterocycles. The first-order valence-corrected chi connectivity index (χ1v) is 7.83. The number of benzene rings is 1. The van der Waals surface area contributed by atoms with Crippen LogP contribution in [0.5, 0.6) is 0 Å². The minimum atomic E-state index is -0.511. The monoisotopic (exact) mass is 346 g/mol. The summed E-state index contributed by atoms with van der Waals surface area (Å²) in [5.41, 5.74) is 0.479. The lowest BCUT2D eigenvalue weighted by molar-refractivity contribution is -0.130. The van der Waals surface area contributed by atoms with Crippen LogP contribution in [0.25, 0.3) is 0 Å². The molecule has 1 aromatic rings. The third kappa shape index (κ3) is 4.59. The lowest BCUT2D eigenvalue weighted by Crippen LogP contribution is -2.48. The first kappa shape index (κ1) is 19.2. The molecule has 124 valence electrons. The highest BCUT2D eigenvalue weighted by atomic mass is 35.5. The van der Waals surface area contributed by atoms with Crippen LogP contribution in [0.4, 0.5) is 0 Å². The minimum absolute atomic E-state index is 0. The Hall–Kier alpha value is -0.810. The Bertz CT molecular complexity index is 477. The maximum atomic E-state index is 12.8. The van der Waals surface area contributed by atoms with E-state index in [2.05, 4.69) is 10.6 Å². The maximum absolute atomic E-state index is 12.8. The second-order valence-corrected chi connectivity index (χ2v) is 5.85. The van der Waals surface area contributed by atoms with Gasteiger partial charge < -0.3 is 15.4 Å². The van der Waals surface area contributed by atoms with Crippen molar-refractivity contribution in [2.45, 2.75) is 24.7 Å². The van der Waals surface area contributed by atoms with Crippen molar-refractivity contribution in [2.24, 2.45) is 0 Å². The number of carbonyl (C=O) groups excluding carboxylic acids is 1. The van der Waals surface area contributed by atoms with Gasteiger partial charge in [-0.25, -0.2) is 0 Å². The smallest absolute Gasteiger partial charge is 0.230 e. The molecule has 0 bridgehead atoms. The summed E-state index contributed by atoms with van der Waals surface area (Å²) in [5, 5.41) is 6.82. The molecule has 0 aromatic heterocycles. The van der Waals surface area contributed by atoms with Crippen molar-refractivity contribution in [1.82, 2.24) is 10.6 Å². The number of rotatable bonds is 6. The van der Waals surface area contributed by atoms with Crippen LogP contribution >= 0.6 is 24.0 Å². The number of amides is 1. The molecule has 0 aliphatic carbocycles. The van der Waals surface area contributed by atoms with Gasteiger partial charge in [0.2, 0.25) is 5.91 Å². The summed E-state index contributed by atoms with van der Waals surface area (Å²) < 4.78 is 5.45. The lowest BCUT2D eigenvalue weighted by atomic mass is 9.73. The van der Waals surface area contributed by atoms with Gasteiger partial charge >= 0.3 is 0 Å². The van der Waals surface area contributed by atoms with Crippen molar-refractivity contribution >= 4 is 29.9 Å². The molecular formula is C16H24Cl2N2O2. The van der Waals surface area contributed by atoms with Crippen LogP contribution in [0, 0.1) is 0 Å². The first-order chi connectivity index (χ1) is 10.2. The number of carbonyl (C=O) groups is 1. The van der Waals surface area contributed by atoms with Crippen molar-refractivity contribution in [3.63, 3.8) is 0 Å². The zero-order valence-electron chi connectivity index (χ0n) is 12.9. The van der Waals surface area contributed by atoms with Gasteiger partial charge in [0, 0.05) is 24.8 Å². The Morgan fingerprint density at radius 1 is 1.32 bits per heavy atom.